The molecule has 7 heteroatoms. The molecule has 92 valence electrons. The predicted octanol–water partition coefficient (Wildman–Crippen LogP) is 0.915. The molecule has 2 aromatic rings. The lowest BCUT2D eigenvalue weighted by atomic mass is 10.7. The lowest BCUT2D eigenvalue weighted by Gasteiger charge is -1.87. The van der Waals surface area contributed by atoms with Crippen molar-refractivity contribution in [3.8, 4) is 0 Å². The Bertz CT molecular complexity index is 311. The zero-order valence-electron chi connectivity index (χ0n) is 9.58. The van der Waals surface area contributed by atoms with Gasteiger partial charge in [-0.3, -0.25) is 9.59 Å². The molecule has 0 unspecified atom stereocenters. The van der Waals surface area contributed by atoms with Crippen LogP contribution in [0, 0.1) is 0 Å². The summed E-state index contributed by atoms with van der Waals surface area (Å²) in [5.74, 6) is -1.12. The number of aromatic nitrogens is 4. The van der Waals surface area contributed by atoms with Gasteiger partial charge in [0.15, 0.2) is 0 Å². The van der Waals surface area contributed by atoms with Crippen LogP contribution in [-0.4, -0.2) is 31.9 Å². The van der Waals surface area contributed by atoms with Crippen LogP contribution in [0.4, 0.5) is 0 Å². The number of carbonyl (C=O) groups excluding carboxylic acids is 2. The Hall–Kier alpha value is -2.44. The van der Waals surface area contributed by atoms with E-state index in [0.29, 0.717) is 0 Å². The molecule has 0 fully saturated rings. The molecule has 2 heterocycles. The number of nitrogens with zero attached hydrogens (tertiary/aromatic N) is 2. The highest BCUT2D eigenvalue weighted by molar-refractivity contribution is 5.82. The van der Waals surface area contributed by atoms with E-state index in [1.54, 1.807) is 37.4 Å². The van der Waals surface area contributed by atoms with Gasteiger partial charge in [0.2, 0.25) is 0 Å². The van der Waals surface area contributed by atoms with E-state index in [2.05, 4.69) is 24.7 Å². The second-order valence-corrected chi connectivity index (χ2v) is 2.61. The molecule has 0 aliphatic rings. The maximum atomic E-state index is 9.81. The van der Waals surface area contributed by atoms with Crippen molar-refractivity contribution in [2.75, 3.05) is 0 Å². The summed E-state index contributed by atoms with van der Waals surface area (Å²) in [5.41, 5.74) is 0. The normalized spacial score (nSPS) is 7.88. The Kier molecular flexibility index (Phi) is 8.64. The van der Waals surface area contributed by atoms with Gasteiger partial charge in [0.1, 0.15) is 0 Å². The summed E-state index contributed by atoms with van der Waals surface area (Å²) in [5, 5.41) is 0. The van der Waals surface area contributed by atoms with Gasteiger partial charge in [-0.2, -0.15) is 0 Å². The first kappa shape index (κ1) is 14.6. The van der Waals surface area contributed by atoms with Gasteiger partial charge >= 0.3 is 11.9 Å². The number of imidazole rings is 2. The molecule has 0 saturated heterocycles. The van der Waals surface area contributed by atoms with Crippen molar-refractivity contribution in [1.82, 2.24) is 19.9 Å². The lowest BCUT2D eigenvalue weighted by molar-refractivity contribution is -0.156. The van der Waals surface area contributed by atoms with E-state index in [4.69, 9.17) is 0 Å². The van der Waals surface area contributed by atoms with Gasteiger partial charge in [0, 0.05) is 38.6 Å². The number of esters is 2. The fourth-order valence-electron chi connectivity index (χ4n) is 0.633. The number of ether oxygens (including phenoxy) is 1. The SMILES string of the molecule is CC(=O)OC(C)=O.c1c[nH]cn1.c1c[nH]cn1. The van der Waals surface area contributed by atoms with Crippen molar-refractivity contribution < 1.29 is 14.3 Å². The van der Waals surface area contributed by atoms with Crippen LogP contribution >= 0.6 is 0 Å². The summed E-state index contributed by atoms with van der Waals surface area (Å²) in [4.78, 5) is 32.5. The van der Waals surface area contributed by atoms with E-state index in [-0.39, 0.29) is 0 Å². The minimum Gasteiger partial charge on any atom is -0.394 e. The summed E-state index contributed by atoms with van der Waals surface area (Å²) >= 11 is 0. The van der Waals surface area contributed by atoms with Gasteiger partial charge in [-0.05, 0) is 0 Å². The molecule has 0 radical (unpaired) electrons. The van der Waals surface area contributed by atoms with Crippen LogP contribution in [0.1, 0.15) is 13.8 Å². The van der Waals surface area contributed by atoms with E-state index in [9.17, 15) is 9.59 Å². The third-order valence-corrected chi connectivity index (χ3v) is 1.10. The second-order valence-electron chi connectivity index (χ2n) is 2.61. The van der Waals surface area contributed by atoms with E-state index in [1.807, 2.05) is 0 Å². The zero-order chi connectivity index (χ0) is 12.9. The van der Waals surface area contributed by atoms with Crippen LogP contribution in [0.3, 0.4) is 0 Å². The highest BCUT2D eigenvalue weighted by Gasteiger charge is 1.93. The second kappa shape index (κ2) is 10.1. The molecule has 0 aliphatic carbocycles. The van der Waals surface area contributed by atoms with Crippen molar-refractivity contribution in [3.05, 3.63) is 37.4 Å². The summed E-state index contributed by atoms with van der Waals surface area (Å²) in [6.45, 7) is 2.36. The molecule has 0 saturated carbocycles. The molecule has 0 amide bonds. The average molecular weight is 238 g/mol. The van der Waals surface area contributed by atoms with Crippen molar-refractivity contribution in [3.63, 3.8) is 0 Å². The number of carbonyl (C=O) groups is 2. The van der Waals surface area contributed by atoms with Gasteiger partial charge in [-0.25, -0.2) is 9.97 Å². The maximum Gasteiger partial charge on any atom is 0.310 e. The number of hydrogen-bond donors (Lipinski definition) is 2. The van der Waals surface area contributed by atoms with Gasteiger partial charge < -0.3 is 14.7 Å². The number of H-pyrrole nitrogens is 2. The van der Waals surface area contributed by atoms with Gasteiger partial charge in [-0.1, -0.05) is 0 Å². The zero-order valence-corrected chi connectivity index (χ0v) is 9.58. The molecular weight excluding hydrogens is 224 g/mol. The number of aromatic amines is 2. The maximum absolute atomic E-state index is 9.81. The fraction of sp³-hybridized carbons (Fsp3) is 0.200. The third-order valence-electron chi connectivity index (χ3n) is 1.10. The Morgan fingerprint density at radius 1 is 0.941 bits per heavy atom. The van der Waals surface area contributed by atoms with Gasteiger partial charge in [0.05, 0.1) is 12.7 Å². The van der Waals surface area contributed by atoms with Crippen LogP contribution in [0.2, 0.25) is 0 Å². The number of nitrogens with one attached hydrogen (secondary N) is 2. The first-order chi connectivity index (χ1) is 8.13. The Balaban J connectivity index is 0.000000229. The summed E-state index contributed by atoms with van der Waals surface area (Å²) in [6.07, 6.45) is 10.2. The molecule has 0 atom stereocenters. The molecule has 0 spiro atoms. The molecule has 17 heavy (non-hydrogen) atoms. The van der Waals surface area contributed by atoms with E-state index >= 15 is 0 Å². The average Bonchev–Trinajstić information content (AvgIpc) is 2.96. The fourth-order valence-corrected chi connectivity index (χ4v) is 0.633. The highest BCUT2D eigenvalue weighted by atomic mass is 16.6. The van der Waals surface area contributed by atoms with Crippen LogP contribution in [-0.2, 0) is 14.3 Å². The first-order valence-electron chi connectivity index (χ1n) is 4.67. The minimum atomic E-state index is -0.562. The first-order valence-corrected chi connectivity index (χ1v) is 4.67. The number of hydrogen-bond acceptors (Lipinski definition) is 5. The summed E-state index contributed by atoms with van der Waals surface area (Å²) < 4.78 is 3.97. The summed E-state index contributed by atoms with van der Waals surface area (Å²) in [6, 6.07) is 0. The van der Waals surface area contributed by atoms with Gasteiger partial charge in [0.25, 0.3) is 0 Å². The monoisotopic (exact) mass is 238 g/mol. The highest BCUT2D eigenvalue weighted by Crippen LogP contribution is 1.73. The van der Waals surface area contributed by atoms with Crippen molar-refractivity contribution >= 4 is 11.9 Å². The summed E-state index contributed by atoms with van der Waals surface area (Å²) in [7, 11) is 0. The van der Waals surface area contributed by atoms with E-state index < -0.39 is 11.9 Å². The Labute approximate surface area is 98.3 Å². The van der Waals surface area contributed by atoms with Crippen molar-refractivity contribution in [2.45, 2.75) is 13.8 Å². The quantitative estimate of drug-likeness (QED) is 0.525. The number of rotatable bonds is 0. The van der Waals surface area contributed by atoms with Crippen LogP contribution < -0.4 is 0 Å². The lowest BCUT2D eigenvalue weighted by Crippen LogP contribution is -2.03. The minimum absolute atomic E-state index is 0.562. The largest absolute Gasteiger partial charge is 0.394 e. The molecule has 0 aromatic carbocycles. The molecule has 7 nitrogen and oxygen atoms in total. The molecular formula is C10H14N4O3. The van der Waals surface area contributed by atoms with Crippen molar-refractivity contribution in [1.29, 1.82) is 0 Å². The molecule has 2 aromatic heterocycles. The van der Waals surface area contributed by atoms with Crippen LogP contribution in [0.25, 0.3) is 0 Å². The molecule has 0 aliphatic heterocycles. The Morgan fingerprint density at radius 3 is 1.41 bits per heavy atom. The smallest absolute Gasteiger partial charge is 0.310 e. The van der Waals surface area contributed by atoms with E-state index in [1.165, 1.54) is 13.8 Å². The van der Waals surface area contributed by atoms with Crippen LogP contribution in [0.15, 0.2) is 37.4 Å². The molecule has 2 rings (SSSR count). The third kappa shape index (κ3) is 13.6. The molecule has 0 bridgehead atoms. The van der Waals surface area contributed by atoms with Crippen molar-refractivity contribution in [2.24, 2.45) is 0 Å². The van der Waals surface area contributed by atoms with Crippen LogP contribution in [0.5, 0.6) is 0 Å². The molecule has 2 N–H and O–H groups in total. The Morgan fingerprint density at radius 2 is 1.35 bits per heavy atom. The standard InChI is InChI=1S/C4H6O3.2C3H4N2/c1-3(5)7-4(2)6;2*1-2-5-3-4-1/h1-2H3;2*1-3H,(H,4,5). The van der Waals surface area contributed by atoms with Gasteiger partial charge in [-0.15, -0.1) is 0 Å². The topological polar surface area (TPSA) is 101 Å². The van der Waals surface area contributed by atoms with E-state index in [0.717, 1.165) is 0 Å². The predicted molar refractivity (Wildman–Crippen MR) is 59.6 cm³/mol.